The molecule has 0 saturated carbocycles. The quantitative estimate of drug-likeness (QED) is 0.527. The molecule has 1 heterocycles. The molecule has 1 fully saturated rings. The van der Waals surface area contributed by atoms with Gasteiger partial charge in [-0.2, -0.15) is 0 Å². The summed E-state index contributed by atoms with van der Waals surface area (Å²) in [4.78, 5) is 48.1. The maximum absolute atomic E-state index is 12.4. The van der Waals surface area contributed by atoms with Crippen LogP contribution in [0.3, 0.4) is 0 Å². The van der Waals surface area contributed by atoms with Gasteiger partial charge in [0.15, 0.2) is 0 Å². The fourth-order valence-corrected chi connectivity index (χ4v) is 2.26. The Hall–Kier alpha value is -2.12. The van der Waals surface area contributed by atoms with E-state index in [9.17, 15) is 19.2 Å². The molecule has 2 atom stereocenters. The molecule has 8 nitrogen and oxygen atoms in total. The summed E-state index contributed by atoms with van der Waals surface area (Å²) in [5, 5.41) is 10.2. The van der Waals surface area contributed by atoms with E-state index < -0.39 is 35.7 Å². The van der Waals surface area contributed by atoms with E-state index in [1.54, 1.807) is 13.8 Å². The van der Waals surface area contributed by atoms with Gasteiger partial charge in [0.1, 0.15) is 12.1 Å². The first kappa shape index (κ1) is 18.9. The fourth-order valence-electron chi connectivity index (χ4n) is 2.26. The SMILES string of the molecule is CC(C)C[C@@H]1NC(=O)[C@H](C(C)C)NC(=O)CNC(=O)CNC1=O. The van der Waals surface area contributed by atoms with E-state index in [-0.39, 0.29) is 24.9 Å². The van der Waals surface area contributed by atoms with Crippen LogP contribution in [0.1, 0.15) is 34.1 Å². The Balaban J connectivity index is 2.98. The van der Waals surface area contributed by atoms with Gasteiger partial charge in [0.2, 0.25) is 23.6 Å². The molecule has 0 unspecified atom stereocenters. The minimum atomic E-state index is -0.763. The van der Waals surface area contributed by atoms with E-state index in [0.717, 1.165) is 0 Å². The van der Waals surface area contributed by atoms with Gasteiger partial charge in [0, 0.05) is 0 Å². The second-order valence-electron chi connectivity index (χ2n) is 6.47. The van der Waals surface area contributed by atoms with E-state index in [1.807, 2.05) is 13.8 Å². The second-order valence-corrected chi connectivity index (χ2v) is 6.47. The third-order valence-electron chi connectivity index (χ3n) is 3.48. The molecular formula is C15H26N4O4. The average molecular weight is 326 g/mol. The lowest BCUT2D eigenvalue weighted by atomic mass is 10.00. The van der Waals surface area contributed by atoms with Crippen LogP contribution in [-0.4, -0.2) is 48.8 Å². The Morgan fingerprint density at radius 1 is 0.870 bits per heavy atom. The predicted octanol–water partition coefficient (Wildman–Crippen LogP) is -1.10. The average Bonchev–Trinajstić information content (AvgIpc) is 2.45. The molecule has 0 aromatic carbocycles. The molecule has 8 heteroatoms. The van der Waals surface area contributed by atoms with Crippen LogP contribution in [0.2, 0.25) is 0 Å². The molecule has 1 saturated heterocycles. The zero-order chi connectivity index (χ0) is 17.6. The second kappa shape index (κ2) is 8.50. The lowest BCUT2D eigenvalue weighted by Crippen LogP contribution is -2.58. The Morgan fingerprint density at radius 2 is 1.48 bits per heavy atom. The van der Waals surface area contributed by atoms with Crippen molar-refractivity contribution in [3.05, 3.63) is 0 Å². The number of carbonyl (C=O) groups excluding carboxylic acids is 4. The van der Waals surface area contributed by atoms with E-state index in [4.69, 9.17) is 0 Å². The van der Waals surface area contributed by atoms with Crippen molar-refractivity contribution in [1.29, 1.82) is 0 Å². The third-order valence-corrected chi connectivity index (χ3v) is 3.48. The molecule has 4 amide bonds. The van der Waals surface area contributed by atoms with Crippen LogP contribution in [-0.2, 0) is 19.2 Å². The molecule has 0 radical (unpaired) electrons. The van der Waals surface area contributed by atoms with Crippen LogP contribution in [0.5, 0.6) is 0 Å². The van der Waals surface area contributed by atoms with Crippen molar-refractivity contribution in [3.63, 3.8) is 0 Å². The molecule has 0 aromatic heterocycles. The first-order valence-electron chi connectivity index (χ1n) is 7.84. The standard InChI is InChI=1S/C15H26N4O4/c1-8(2)5-10-14(22)17-6-11(20)16-7-12(21)19-13(9(3)4)15(23)18-10/h8-10,13H,5-7H2,1-4H3,(H,16,20)(H,17,22)(H,18,23)(H,19,21)/t10-,13-/m0/s1. The lowest BCUT2D eigenvalue weighted by molar-refractivity contribution is -0.134. The van der Waals surface area contributed by atoms with Crippen molar-refractivity contribution in [2.45, 2.75) is 46.2 Å². The van der Waals surface area contributed by atoms with Gasteiger partial charge in [-0.25, -0.2) is 0 Å². The Morgan fingerprint density at radius 3 is 2.04 bits per heavy atom. The molecule has 0 spiro atoms. The van der Waals surface area contributed by atoms with Gasteiger partial charge >= 0.3 is 0 Å². The van der Waals surface area contributed by atoms with Crippen LogP contribution in [0, 0.1) is 11.8 Å². The molecule has 23 heavy (non-hydrogen) atoms. The molecule has 4 N–H and O–H groups in total. The van der Waals surface area contributed by atoms with Gasteiger partial charge in [-0.15, -0.1) is 0 Å². The van der Waals surface area contributed by atoms with Gasteiger partial charge in [-0.1, -0.05) is 27.7 Å². The van der Waals surface area contributed by atoms with Gasteiger partial charge in [-0.3, -0.25) is 19.2 Å². The summed E-state index contributed by atoms with van der Waals surface area (Å²) >= 11 is 0. The summed E-state index contributed by atoms with van der Waals surface area (Å²) in [6, 6.07) is -1.51. The zero-order valence-electron chi connectivity index (χ0n) is 14.1. The molecule has 0 aliphatic carbocycles. The number of hydrogen-bond donors (Lipinski definition) is 4. The molecule has 1 aliphatic heterocycles. The van der Waals surface area contributed by atoms with Crippen LogP contribution >= 0.6 is 0 Å². The molecule has 0 bridgehead atoms. The highest BCUT2D eigenvalue weighted by Gasteiger charge is 2.29. The van der Waals surface area contributed by atoms with Gasteiger partial charge in [-0.05, 0) is 18.3 Å². The first-order chi connectivity index (χ1) is 10.7. The number of hydrogen-bond acceptors (Lipinski definition) is 4. The first-order valence-corrected chi connectivity index (χ1v) is 7.84. The van der Waals surface area contributed by atoms with Crippen molar-refractivity contribution < 1.29 is 19.2 Å². The highest BCUT2D eigenvalue weighted by Crippen LogP contribution is 2.08. The summed E-state index contributed by atoms with van der Waals surface area (Å²) in [6.07, 6.45) is 0.442. The van der Waals surface area contributed by atoms with E-state index in [0.29, 0.717) is 6.42 Å². The Kier molecular flexibility index (Phi) is 6.99. The van der Waals surface area contributed by atoms with Crippen molar-refractivity contribution in [1.82, 2.24) is 21.3 Å². The summed E-state index contributed by atoms with van der Waals surface area (Å²) in [6.45, 7) is 7.00. The van der Waals surface area contributed by atoms with E-state index >= 15 is 0 Å². The van der Waals surface area contributed by atoms with Crippen molar-refractivity contribution in [2.75, 3.05) is 13.1 Å². The molecule has 1 aliphatic rings. The summed E-state index contributed by atoms with van der Waals surface area (Å²) in [7, 11) is 0. The molecular weight excluding hydrogens is 300 g/mol. The molecule has 1 rings (SSSR count). The monoisotopic (exact) mass is 326 g/mol. The minimum absolute atomic E-state index is 0.152. The van der Waals surface area contributed by atoms with Gasteiger partial charge in [0.25, 0.3) is 0 Å². The van der Waals surface area contributed by atoms with Crippen molar-refractivity contribution >= 4 is 23.6 Å². The summed E-state index contributed by atoms with van der Waals surface area (Å²) in [5.41, 5.74) is 0. The fraction of sp³-hybridized carbons (Fsp3) is 0.733. The van der Waals surface area contributed by atoms with Crippen LogP contribution in [0.4, 0.5) is 0 Å². The van der Waals surface area contributed by atoms with Crippen LogP contribution in [0.15, 0.2) is 0 Å². The lowest BCUT2D eigenvalue weighted by Gasteiger charge is -2.26. The highest BCUT2D eigenvalue weighted by molar-refractivity contribution is 5.95. The highest BCUT2D eigenvalue weighted by atomic mass is 16.2. The Bertz CT molecular complexity index is 476. The van der Waals surface area contributed by atoms with Crippen LogP contribution in [0.25, 0.3) is 0 Å². The number of carbonyl (C=O) groups is 4. The number of amides is 4. The molecule has 0 aromatic rings. The minimum Gasteiger partial charge on any atom is -0.346 e. The predicted molar refractivity (Wildman–Crippen MR) is 84.2 cm³/mol. The molecule has 130 valence electrons. The number of nitrogens with one attached hydrogen (secondary N) is 4. The Labute approximate surface area is 136 Å². The summed E-state index contributed by atoms with van der Waals surface area (Å²) < 4.78 is 0. The van der Waals surface area contributed by atoms with Crippen molar-refractivity contribution in [3.8, 4) is 0 Å². The topological polar surface area (TPSA) is 116 Å². The van der Waals surface area contributed by atoms with Crippen LogP contribution < -0.4 is 21.3 Å². The third kappa shape index (κ3) is 6.25. The zero-order valence-corrected chi connectivity index (χ0v) is 14.1. The summed E-state index contributed by atoms with van der Waals surface area (Å²) in [5.74, 6) is -1.68. The van der Waals surface area contributed by atoms with Gasteiger partial charge < -0.3 is 21.3 Å². The largest absolute Gasteiger partial charge is 0.346 e. The van der Waals surface area contributed by atoms with Gasteiger partial charge in [0.05, 0.1) is 13.1 Å². The normalized spacial score (nSPS) is 24.3. The maximum atomic E-state index is 12.4. The number of rotatable bonds is 3. The van der Waals surface area contributed by atoms with E-state index in [2.05, 4.69) is 21.3 Å². The maximum Gasteiger partial charge on any atom is 0.243 e. The van der Waals surface area contributed by atoms with E-state index in [1.165, 1.54) is 0 Å². The smallest absolute Gasteiger partial charge is 0.243 e. The van der Waals surface area contributed by atoms with Crippen molar-refractivity contribution in [2.24, 2.45) is 11.8 Å².